The third-order valence-corrected chi connectivity index (χ3v) is 3.93. The van der Waals surface area contributed by atoms with Crippen LogP contribution in [0.2, 0.25) is 0 Å². The second-order valence-electron chi connectivity index (χ2n) is 3.04. The Morgan fingerprint density at radius 2 is 2.12 bits per heavy atom. The van der Waals surface area contributed by atoms with E-state index in [1.54, 1.807) is 41.4 Å². The summed E-state index contributed by atoms with van der Waals surface area (Å²) in [6, 6.07) is 6.88. The third kappa shape index (κ3) is 2.84. The van der Waals surface area contributed by atoms with Gasteiger partial charge in [0.25, 0.3) is 0 Å². The summed E-state index contributed by atoms with van der Waals surface area (Å²) in [6.45, 7) is 0. The van der Waals surface area contributed by atoms with Crippen molar-refractivity contribution in [2.75, 3.05) is 0 Å². The number of thiazole rings is 1. The van der Waals surface area contributed by atoms with Crippen LogP contribution in [0.3, 0.4) is 0 Å². The first kappa shape index (κ1) is 11.2. The molecule has 0 atom stereocenters. The van der Waals surface area contributed by atoms with Crippen LogP contribution in [-0.2, 0) is 5.75 Å². The summed E-state index contributed by atoms with van der Waals surface area (Å²) in [7, 11) is 0. The van der Waals surface area contributed by atoms with Crippen LogP contribution in [-0.4, -0.2) is 16.1 Å². The molecule has 1 aromatic heterocycles. The normalized spacial score (nSPS) is 10.2. The summed E-state index contributed by atoms with van der Waals surface area (Å²) in [5.74, 6) is -0.0687. The lowest BCUT2D eigenvalue weighted by atomic mass is 10.2. The van der Waals surface area contributed by atoms with E-state index >= 15 is 0 Å². The summed E-state index contributed by atoms with van der Waals surface area (Å²) in [6.07, 6.45) is 1.79. The molecule has 0 saturated heterocycles. The molecule has 1 N–H and O–H groups in total. The quantitative estimate of drug-likeness (QED) is 0.848. The van der Waals surface area contributed by atoms with Gasteiger partial charge in [-0.05, 0) is 24.3 Å². The van der Waals surface area contributed by atoms with E-state index in [9.17, 15) is 4.79 Å². The summed E-state index contributed by atoms with van der Waals surface area (Å²) in [4.78, 5) is 15.9. The van der Waals surface area contributed by atoms with Gasteiger partial charge >= 0.3 is 5.97 Å². The lowest BCUT2D eigenvalue weighted by Crippen LogP contribution is -1.94. The third-order valence-electron chi connectivity index (χ3n) is 1.95. The molecule has 1 aromatic carbocycles. The summed E-state index contributed by atoms with van der Waals surface area (Å²) >= 11 is 3.28. The van der Waals surface area contributed by atoms with Gasteiger partial charge in [-0.25, -0.2) is 9.78 Å². The van der Waals surface area contributed by atoms with E-state index in [1.165, 1.54) is 0 Å². The molecule has 1 heterocycles. The van der Waals surface area contributed by atoms with Crippen LogP contribution in [0.1, 0.15) is 15.4 Å². The fourth-order valence-electron chi connectivity index (χ4n) is 1.16. The highest BCUT2D eigenvalue weighted by molar-refractivity contribution is 7.98. The average Bonchev–Trinajstić information content (AvgIpc) is 2.80. The number of hydrogen-bond donors (Lipinski definition) is 1. The predicted octanol–water partition coefficient (Wildman–Crippen LogP) is 3.13. The Morgan fingerprint density at radius 1 is 1.38 bits per heavy atom. The largest absolute Gasteiger partial charge is 0.478 e. The maximum atomic E-state index is 10.6. The van der Waals surface area contributed by atoms with Gasteiger partial charge in [-0.2, -0.15) is 0 Å². The molecule has 2 aromatic rings. The maximum Gasteiger partial charge on any atom is 0.335 e. The molecular formula is C11H9NO2S2. The van der Waals surface area contributed by atoms with Crippen molar-refractivity contribution >= 4 is 29.1 Å². The van der Waals surface area contributed by atoms with Crippen molar-refractivity contribution in [1.82, 2.24) is 4.98 Å². The Bertz CT molecular complexity index is 465. The van der Waals surface area contributed by atoms with Crippen LogP contribution in [0.25, 0.3) is 0 Å². The van der Waals surface area contributed by atoms with Gasteiger partial charge in [0.1, 0.15) is 5.01 Å². The highest BCUT2D eigenvalue weighted by atomic mass is 32.2. The molecule has 0 amide bonds. The molecule has 0 unspecified atom stereocenters. The van der Waals surface area contributed by atoms with Crippen molar-refractivity contribution in [3.8, 4) is 0 Å². The van der Waals surface area contributed by atoms with E-state index in [0.717, 1.165) is 15.7 Å². The highest BCUT2D eigenvalue weighted by Gasteiger charge is 2.02. The number of aromatic nitrogens is 1. The van der Waals surface area contributed by atoms with Crippen LogP contribution in [0, 0.1) is 0 Å². The molecule has 0 radical (unpaired) electrons. The van der Waals surface area contributed by atoms with E-state index in [2.05, 4.69) is 4.98 Å². The maximum absolute atomic E-state index is 10.6. The first-order valence-corrected chi connectivity index (χ1v) is 6.47. The Labute approximate surface area is 101 Å². The lowest BCUT2D eigenvalue weighted by molar-refractivity contribution is 0.0697. The molecule has 0 aliphatic carbocycles. The predicted molar refractivity (Wildman–Crippen MR) is 65.1 cm³/mol. The molecule has 3 nitrogen and oxygen atoms in total. The van der Waals surface area contributed by atoms with Gasteiger partial charge < -0.3 is 5.11 Å². The number of aromatic carboxylic acids is 1. The zero-order chi connectivity index (χ0) is 11.4. The van der Waals surface area contributed by atoms with Gasteiger partial charge in [-0.3, -0.25) is 0 Å². The Morgan fingerprint density at radius 3 is 2.69 bits per heavy atom. The Kier molecular flexibility index (Phi) is 3.58. The van der Waals surface area contributed by atoms with Crippen molar-refractivity contribution in [3.63, 3.8) is 0 Å². The molecule has 0 aliphatic heterocycles. The van der Waals surface area contributed by atoms with Crippen LogP contribution >= 0.6 is 23.1 Å². The number of thioether (sulfide) groups is 1. The van der Waals surface area contributed by atoms with Crippen LogP contribution in [0.5, 0.6) is 0 Å². The van der Waals surface area contributed by atoms with Crippen LogP contribution in [0.4, 0.5) is 0 Å². The van der Waals surface area contributed by atoms with Gasteiger partial charge in [-0.15, -0.1) is 23.1 Å². The van der Waals surface area contributed by atoms with E-state index in [0.29, 0.717) is 5.56 Å². The lowest BCUT2D eigenvalue weighted by Gasteiger charge is -1.99. The monoisotopic (exact) mass is 251 g/mol. The topological polar surface area (TPSA) is 50.2 Å². The second-order valence-corrected chi connectivity index (χ2v) is 5.07. The van der Waals surface area contributed by atoms with Gasteiger partial charge in [0.2, 0.25) is 0 Å². The van der Waals surface area contributed by atoms with E-state index < -0.39 is 5.97 Å². The van der Waals surface area contributed by atoms with Crippen molar-refractivity contribution in [1.29, 1.82) is 0 Å². The highest BCUT2D eigenvalue weighted by Crippen LogP contribution is 2.23. The molecule has 0 aliphatic rings. The van der Waals surface area contributed by atoms with Crippen molar-refractivity contribution in [2.24, 2.45) is 0 Å². The van der Waals surface area contributed by atoms with Crippen molar-refractivity contribution in [2.45, 2.75) is 10.6 Å². The zero-order valence-electron chi connectivity index (χ0n) is 8.29. The molecule has 5 heteroatoms. The molecule has 16 heavy (non-hydrogen) atoms. The number of hydrogen-bond acceptors (Lipinski definition) is 4. The fourth-order valence-corrected chi connectivity index (χ4v) is 2.71. The van der Waals surface area contributed by atoms with Gasteiger partial charge in [0.05, 0.1) is 11.3 Å². The SMILES string of the molecule is O=C(O)c1ccc(SCc2nccs2)cc1. The minimum Gasteiger partial charge on any atom is -0.478 e. The summed E-state index contributed by atoms with van der Waals surface area (Å²) in [5.41, 5.74) is 0.318. The second kappa shape index (κ2) is 5.14. The molecule has 0 bridgehead atoms. The van der Waals surface area contributed by atoms with Crippen LogP contribution in [0.15, 0.2) is 40.7 Å². The number of benzene rings is 1. The number of rotatable bonds is 4. The minimum atomic E-state index is -0.892. The zero-order valence-corrected chi connectivity index (χ0v) is 9.92. The molecule has 0 saturated carbocycles. The van der Waals surface area contributed by atoms with Gasteiger partial charge in [0.15, 0.2) is 0 Å². The van der Waals surface area contributed by atoms with Crippen molar-refractivity contribution in [3.05, 3.63) is 46.4 Å². The number of carboxylic acids is 1. The average molecular weight is 251 g/mol. The Hall–Kier alpha value is -1.33. The van der Waals surface area contributed by atoms with Gasteiger partial charge in [-0.1, -0.05) is 0 Å². The first-order valence-electron chi connectivity index (χ1n) is 4.60. The number of nitrogens with zero attached hydrogens (tertiary/aromatic N) is 1. The van der Waals surface area contributed by atoms with Gasteiger partial charge in [0, 0.05) is 16.5 Å². The first-order chi connectivity index (χ1) is 7.75. The van der Waals surface area contributed by atoms with Crippen LogP contribution < -0.4 is 0 Å². The fraction of sp³-hybridized carbons (Fsp3) is 0.0909. The molecule has 0 fully saturated rings. The molecule has 2 rings (SSSR count). The molecular weight excluding hydrogens is 242 g/mol. The van der Waals surface area contributed by atoms with E-state index in [1.807, 2.05) is 17.5 Å². The molecule has 82 valence electrons. The summed E-state index contributed by atoms with van der Waals surface area (Å²) in [5, 5.41) is 11.8. The van der Waals surface area contributed by atoms with E-state index in [4.69, 9.17) is 5.11 Å². The number of carbonyl (C=O) groups is 1. The van der Waals surface area contributed by atoms with Crippen molar-refractivity contribution < 1.29 is 9.90 Å². The minimum absolute atomic E-state index is 0.318. The van der Waals surface area contributed by atoms with E-state index in [-0.39, 0.29) is 0 Å². The number of carboxylic acid groups (broad SMARTS) is 1. The smallest absolute Gasteiger partial charge is 0.335 e. The standard InChI is InChI=1S/C11H9NO2S2/c13-11(14)8-1-3-9(4-2-8)16-7-10-12-5-6-15-10/h1-6H,7H2,(H,13,14). The Balaban J connectivity index is 1.98. The molecule has 0 spiro atoms. The summed E-state index contributed by atoms with van der Waals surface area (Å²) < 4.78 is 0.